The number of benzene rings is 2. The minimum absolute atomic E-state index is 0.171. The average molecular weight is 557 g/mol. The highest BCUT2D eigenvalue weighted by molar-refractivity contribution is 6.31. The Kier molecular flexibility index (Phi) is 9.58. The van der Waals surface area contributed by atoms with E-state index in [-0.39, 0.29) is 18.7 Å². The predicted octanol–water partition coefficient (Wildman–Crippen LogP) is 5.06. The Morgan fingerprint density at radius 1 is 1.05 bits per heavy atom. The second-order valence-electron chi connectivity index (χ2n) is 9.84. The van der Waals surface area contributed by atoms with Crippen LogP contribution in [-0.4, -0.2) is 42.6 Å². The van der Waals surface area contributed by atoms with Crippen molar-refractivity contribution in [1.29, 1.82) is 0 Å². The Labute approximate surface area is 232 Å². The van der Waals surface area contributed by atoms with Gasteiger partial charge < -0.3 is 24.6 Å². The number of methoxy groups -OCH3 is 2. The smallest absolute Gasteiger partial charge is 0.248 e. The highest BCUT2D eigenvalue weighted by Crippen LogP contribution is 2.39. The second-order valence-corrected chi connectivity index (χ2v) is 10.2. The number of nitrogens with one attached hydrogen (secondary N) is 2. The van der Waals surface area contributed by atoms with Crippen LogP contribution in [0.2, 0.25) is 5.02 Å². The SMILES string of the molecule is COc1ccc(N(C(=O)CCC(=O)Nc2cc(C)on2)[C@H](C(=O)NC(C)(C)C)c2ccccc2Cl)c(OC)c1. The standard InChI is InChI=1S/C28H33ClN4O6/c1-17-15-23(32-39-17)30-24(34)13-14-25(35)33(21-12-11-18(37-5)16-22(21)38-6)26(27(36)31-28(2,3)4)19-9-7-8-10-20(19)29/h7-12,15-16,26H,13-14H2,1-6H3,(H,31,36)(H,30,32,34)/t26-/m0/s1. The van der Waals surface area contributed by atoms with Gasteiger partial charge in [-0.1, -0.05) is 35.0 Å². The van der Waals surface area contributed by atoms with Gasteiger partial charge >= 0.3 is 0 Å². The third kappa shape index (κ3) is 7.73. The normalized spacial score (nSPS) is 11.9. The molecule has 0 aliphatic rings. The zero-order valence-corrected chi connectivity index (χ0v) is 23.6. The van der Waals surface area contributed by atoms with Gasteiger partial charge in [0.2, 0.25) is 17.7 Å². The molecule has 11 heteroatoms. The van der Waals surface area contributed by atoms with Gasteiger partial charge in [0.25, 0.3) is 0 Å². The molecule has 10 nitrogen and oxygen atoms in total. The van der Waals surface area contributed by atoms with E-state index in [1.54, 1.807) is 55.5 Å². The summed E-state index contributed by atoms with van der Waals surface area (Å²) >= 11 is 6.56. The van der Waals surface area contributed by atoms with E-state index in [1.165, 1.54) is 19.1 Å². The molecule has 0 saturated carbocycles. The summed E-state index contributed by atoms with van der Waals surface area (Å²) in [5, 5.41) is 9.60. The Bertz CT molecular complexity index is 1330. The number of halogens is 1. The first kappa shape index (κ1) is 29.5. The lowest BCUT2D eigenvalue weighted by Gasteiger charge is -2.35. The number of carbonyl (C=O) groups excluding carboxylic acids is 3. The monoisotopic (exact) mass is 556 g/mol. The van der Waals surface area contributed by atoms with Gasteiger partial charge in [-0.05, 0) is 45.9 Å². The van der Waals surface area contributed by atoms with Gasteiger partial charge in [0.1, 0.15) is 23.3 Å². The molecule has 0 bridgehead atoms. The lowest BCUT2D eigenvalue weighted by molar-refractivity contribution is -0.128. The van der Waals surface area contributed by atoms with Crippen LogP contribution in [0.4, 0.5) is 11.5 Å². The van der Waals surface area contributed by atoms with Crippen LogP contribution in [0.15, 0.2) is 53.1 Å². The Hall–Kier alpha value is -4.05. The summed E-state index contributed by atoms with van der Waals surface area (Å²) < 4.78 is 15.9. The number of aryl methyl sites for hydroxylation is 1. The Morgan fingerprint density at radius 3 is 2.36 bits per heavy atom. The van der Waals surface area contributed by atoms with Crippen molar-refractivity contribution in [2.75, 3.05) is 24.4 Å². The number of hydrogen-bond acceptors (Lipinski definition) is 7. The molecule has 0 saturated heterocycles. The minimum Gasteiger partial charge on any atom is -0.497 e. The van der Waals surface area contributed by atoms with Gasteiger partial charge in [0.15, 0.2) is 5.82 Å². The van der Waals surface area contributed by atoms with E-state index in [0.29, 0.717) is 33.5 Å². The quantitative estimate of drug-likeness (QED) is 0.358. The van der Waals surface area contributed by atoms with Crippen LogP contribution in [0, 0.1) is 6.92 Å². The number of carbonyl (C=O) groups is 3. The van der Waals surface area contributed by atoms with E-state index < -0.39 is 29.3 Å². The zero-order chi connectivity index (χ0) is 28.7. The number of amides is 3. The van der Waals surface area contributed by atoms with Crippen LogP contribution < -0.4 is 25.0 Å². The minimum atomic E-state index is -1.17. The number of ether oxygens (including phenoxy) is 2. The molecule has 1 atom stereocenters. The van der Waals surface area contributed by atoms with E-state index in [0.717, 1.165) is 0 Å². The van der Waals surface area contributed by atoms with Crippen LogP contribution in [-0.2, 0) is 14.4 Å². The molecule has 0 radical (unpaired) electrons. The second kappa shape index (κ2) is 12.7. The molecule has 39 heavy (non-hydrogen) atoms. The van der Waals surface area contributed by atoms with Crippen molar-refractivity contribution >= 4 is 40.8 Å². The molecule has 208 valence electrons. The molecule has 1 heterocycles. The van der Waals surface area contributed by atoms with Crippen molar-refractivity contribution in [2.45, 2.75) is 52.1 Å². The fraction of sp³-hybridized carbons (Fsp3) is 0.357. The summed E-state index contributed by atoms with van der Waals surface area (Å²) in [7, 11) is 2.96. The number of nitrogens with zero attached hydrogens (tertiary/aromatic N) is 2. The van der Waals surface area contributed by atoms with Gasteiger partial charge in [-0.3, -0.25) is 19.3 Å². The van der Waals surface area contributed by atoms with Crippen molar-refractivity contribution in [3.8, 4) is 11.5 Å². The lowest BCUT2D eigenvalue weighted by Crippen LogP contribution is -2.49. The van der Waals surface area contributed by atoms with Crippen molar-refractivity contribution < 1.29 is 28.4 Å². The lowest BCUT2D eigenvalue weighted by atomic mass is 10.00. The summed E-state index contributed by atoms with van der Waals surface area (Å²) in [5.41, 5.74) is 0.115. The summed E-state index contributed by atoms with van der Waals surface area (Å²) in [6.07, 6.45) is -0.391. The first-order valence-corrected chi connectivity index (χ1v) is 12.6. The average Bonchev–Trinajstić information content (AvgIpc) is 3.29. The first-order chi connectivity index (χ1) is 18.4. The fourth-order valence-electron chi connectivity index (χ4n) is 3.91. The van der Waals surface area contributed by atoms with Crippen LogP contribution in [0.1, 0.15) is 51.0 Å². The van der Waals surface area contributed by atoms with E-state index in [2.05, 4.69) is 15.8 Å². The van der Waals surface area contributed by atoms with Gasteiger partial charge in [-0.2, -0.15) is 0 Å². The summed E-state index contributed by atoms with van der Waals surface area (Å²) in [4.78, 5) is 41.6. The number of rotatable bonds is 10. The predicted molar refractivity (Wildman–Crippen MR) is 148 cm³/mol. The molecule has 2 aromatic carbocycles. The third-order valence-electron chi connectivity index (χ3n) is 5.58. The summed E-state index contributed by atoms with van der Waals surface area (Å²) in [5.74, 6) is 0.184. The molecular formula is C28H33ClN4O6. The molecule has 3 aromatic rings. The molecule has 2 N–H and O–H groups in total. The Balaban J connectivity index is 2.06. The molecule has 0 aliphatic carbocycles. The first-order valence-electron chi connectivity index (χ1n) is 12.3. The Morgan fingerprint density at radius 2 is 1.77 bits per heavy atom. The van der Waals surface area contributed by atoms with E-state index in [1.807, 2.05) is 20.8 Å². The number of hydrogen-bond donors (Lipinski definition) is 2. The molecular weight excluding hydrogens is 524 g/mol. The van der Waals surface area contributed by atoms with Crippen LogP contribution in [0.3, 0.4) is 0 Å². The van der Waals surface area contributed by atoms with Crippen molar-refractivity contribution in [2.24, 2.45) is 0 Å². The fourth-order valence-corrected chi connectivity index (χ4v) is 4.14. The molecule has 3 amide bonds. The summed E-state index contributed by atoms with van der Waals surface area (Å²) in [6.45, 7) is 7.21. The van der Waals surface area contributed by atoms with Gasteiger partial charge in [-0.25, -0.2) is 0 Å². The van der Waals surface area contributed by atoms with E-state index in [9.17, 15) is 14.4 Å². The molecule has 3 rings (SSSR count). The van der Waals surface area contributed by atoms with Crippen molar-refractivity contribution in [3.05, 3.63) is 64.9 Å². The van der Waals surface area contributed by atoms with Crippen LogP contribution >= 0.6 is 11.6 Å². The number of anilines is 2. The van der Waals surface area contributed by atoms with Crippen LogP contribution in [0.5, 0.6) is 11.5 Å². The molecule has 0 spiro atoms. The third-order valence-corrected chi connectivity index (χ3v) is 5.93. The molecule has 0 aliphatic heterocycles. The highest BCUT2D eigenvalue weighted by atomic mass is 35.5. The largest absolute Gasteiger partial charge is 0.497 e. The van der Waals surface area contributed by atoms with E-state index >= 15 is 0 Å². The van der Waals surface area contributed by atoms with Crippen molar-refractivity contribution in [3.63, 3.8) is 0 Å². The van der Waals surface area contributed by atoms with Crippen LogP contribution in [0.25, 0.3) is 0 Å². The number of aromatic nitrogens is 1. The molecule has 0 fully saturated rings. The maximum atomic E-state index is 13.9. The maximum absolute atomic E-state index is 13.9. The topological polar surface area (TPSA) is 123 Å². The molecule has 0 unspecified atom stereocenters. The summed E-state index contributed by atoms with van der Waals surface area (Å²) in [6, 6.07) is 12.1. The van der Waals surface area contributed by atoms with Gasteiger partial charge in [-0.15, -0.1) is 0 Å². The highest BCUT2D eigenvalue weighted by Gasteiger charge is 2.37. The molecule has 1 aromatic heterocycles. The van der Waals surface area contributed by atoms with Gasteiger partial charge in [0.05, 0.1) is 19.9 Å². The zero-order valence-electron chi connectivity index (χ0n) is 22.8. The van der Waals surface area contributed by atoms with E-state index in [4.69, 9.17) is 25.6 Å². The maximum Gasteiger partial charge on any atom is 0.248 e. The van der Waals surface area contributed by atoms with Crippen molar-refractivity contribution in [1.82, 2.24) is 10.5 Å². The van der Waals surface area contributed by atoms with Gasteiger partial charge in [0, 0.05) is 41.1 Å².